The van der Waals surface area contributed by atoms with Gasteiger partial charge in [-0.3, -0.25) is 9.35 Å². The summed E-state index contributed by atoms with van der Waals surface area (Å²) in [5.74, 6) is -2.08. The number of aryl methyl sites for hydroxylation is 1. The molecule has 2 aromatic rings. The maximum atomic E-state index is 12.6. The standard InChI is InChI=1S/C17H14N4O6S/c1-10-2-4-11(5-3-10)18-19-14-15(17(23)24)20-21(16(14)22)12-6-8-13(9-7-12)28(25,26)27/h2-9,14H,1H3,(H,23,24)(H,25,26,27)/p+1. The Morgan fingerprint density at radius 2 is 1.71 bits per heavy atom. The Bertz CT molecular complexity index is 1090. The molecule has 2 aromatic carbocycles. The number of hydrazone groups is 1. The van der Waals surface area contributed by atoms with Crippen LogP contribution in [0.3, 0.4) is 0 Å². The van der Waals surface area contributed by atoms with Crippen LogP contribution < -0.4 is 10.1 Å². The van der Waals surface area contributed by atoms with Crippen LogP contribution in [0.2, 0.25) is 0 Å². The Morgan fingerprint density at radius 3 is 2.25 bits per heavy atom. The van der Waals surface area contributed by atoms with E-state index in [1.165, 1.54) is 12.1 Å². The normalized spacial score (nSPS) is 17.2. The summed E-state index contributed by atoms with van der Waals surface area (Å²) in [6.45, 7) is 1.90. The molecule has 3 N–H and O–H groups in total. The van der Waals surface area contributed by atoms with Crippen molar-refractivity contribution in [2.75, 3.05) is 5.01 Å². The second-order valence-electron chi connectivity index (χ2n) is 5.93. The zero-order chi connectivity index (χ0) is 20.5. The molecule has 0 saturated heterocycles. The van der Waals surface area contributed by atoms with Gasteiger partial charge in [-0.2, -0.15) is 18.6 Å². The van der Waals surface area contributed by atoms with Crippen LogP contribution in [0.1, 0.15) is 5.56 Å². The first-order valence-electron chi connectivity index (χ1n) is 7.92. The van der Waals surface area contributed by atoms with E-state index in [2.05, 4.69) is 15.3 Å². The Hall–Kier alpha value is -3.44. The predicted molar refractivity (Wildman–Crippen MR) is 96.8 cm³/mol. The molecule has 1 atom stereocenters. The first-order chi connectivity index (χ1) is 13.2. The molecule has 1 heterocycles. The molecule has 10 nitrogen and oxygen atoms in total. The first-order valence-corrected chi connectivity index (χ1v) is 9.36. The van der Waals surface area contributed by atoms with Gasteiger partial charge in [0.2, 0.25) is 6.04 Å². The zero-order valence-electron chi connectivity index (χ0n) is 14.5. The highest BCUT2D eigenvalue weighted by Crippen LogP contribution is 2.19. The fourth-order valence-corrected chi connectivity index (χ4v) is 2.93. The number of nitrogens with one attached hydrogen (secondary N) is 1. The van der Waals surface area contributed by atoms with E-state index in [9.17, 15) is 23.1 Å². The average Bonchev–Trinajstić information content (AvgIpc) is 2.97. The van der Waals surface area contributed by atoms with Gasteiger partial charge in [0.05, 0.1) is 10.6 Å². The number of anilines is 1. The minimum atomic E-state index is -4.39. The number of benzene rings is 2. The van der Waals surface area contributed by atoms with Crippen molar-refractivity contribution in [3.8, 4) is 0 Å². The van der Waals surface area contributed by atoms with E-state index in [0.717, 1.165) is 22.7 Å². The summed E-state index contributed by atoms with van der Waals surface area (Å²) in [5.41, 5.74) is 1.25. The molecule has 0 spiro atoms. The molecule has 0 bridgehead atoms. The van der Waals surface area contributed by atoms with E-state index in [4.69, 9.17) is 4.55 Å². The van der Waals surface area contributed by atoms with E-state index >= 15 is 0 Å². The number of carbonyl (C=O) groups is 2. The van der Waals surface area contributed by atoms with Gasteiger partial charge in [-0.15, -0.1) is 5.10 Å². The maximum Gasteiger partial charge on any atom is 0.401 e. The third-order valence-corrected chi connectivity index (χ3v) is 4.77. The molecule has 3 rings (SSSR count). The summed E-state index contributed by atoms with van der Waals surface area (Å²) in [5, 5.41) is 20.5. The van der Waals surface area contributed by atoms with E-state index in [1.54, 1.807) is 24.3 Å². The number of nitrogens with zero attached hydrogens (tertiary/aromatic N) is 3. The van der Waals surface area contributed by atoms with Gasteiger partial charge >= 0.3 is 17.6 Å². The van der Waals surface area contributed by atoms with Gasteiger partial charge in [-0.05, 0) is 43.3 Å². The van der Waals surface area contributed by atoms with Crippen molar-refractivity contribution in [2.45, 2.75) is 17.9 Å². The van der Waals surface area contributed by atoms with Gasteiger partial charge in [0.15, 0.2) is 0 Å². The third-order valence-electron chi connectivity index (χ3n) is 3.91. The van der Waals surface area contributed by atoms with Crippen molar-refractivity contribution < 1.29 is 32.8 Å². The van der Waals surface area contributed by atoms with Crippen molar-refractivity contribution in [1.29, 1.82) is 0 Å². The fraction of sp³-hybridized carbons (Fsp3) is 0.118. The van der Waals surface area contributed by atoms with Gasteiger partial charge in [-0.1, -0.05) is 22.7 Å². The monoisotopic (exact) mass is 403 g/mol. The lowest BCUT2D eigenvalue weighted by Crippen LogP contribution is -2.83. The van der Waals surface area contributed by atoms with Crippen LogP contribution in [0, 0.1) is 6.92 Å². The van der Waals surface area contributed by atoms with Crippen molar-refractivity contribution in [2.24, 2.45) is 10.2 Å². The quantitative estimate of drug-likeness (QED) is 0.481. The lowest BCUT2D eigenvalue weighted by molar-refractivity contribution is -0.454. The minimum Gasteiger partial charge on any atom is -0.473 e. The number of amides is 1. The number of aliphatic carboxylic acids is 1. The smallest absolute Gasteiger partial charge is 0.401 e. The summed E-state index contributed by atoms with van der Waals surface area (Å²) in [4.78, 5) is 23.8. The molecule has 1 amide bonds. The molecule has 1 unspecified atom stereocenters. The molecule has 0 aliphatic carbocycles. The van der Waals surface area contributed by atoms with Crippen LogP contribution >= 0.6 is 0 Å². The van der Waals surface area contributed by atoms with Crippen LogP contribution in [-0.4, -0.2) is 41.7 Å². The molecule has 0 aromatic heterocycles. The topological polar surface area (TPSA) is 151 Å². The summed E-state index contributed by atoms with van der Waals surface area (Å²) in [7, 11) is -4.39. The molecule has 0 radical (unpaired) electrons. The summed E-state index contributed by atoms with van der Waals surface area (Å²) in [6, 6.07) is 10.2. The number of hydrazine groups is 1. The van der Waals surface area contributed by atoms with Gasteiger partial charge < -0.3 is 5.11 Å². The van der Waals surface area contributed by atoms with E-state index in [0.29, 0.717) is 5.69 Å². The molecule has 1 aliphatic rings. The predicted octanol–water partition coefficient (Wildman–Crippen LogP) is 0.262. The summed E-state index contributed by atoms with van der Waals surface area (Å²) in [6.07, 6.45) is 0. The highest BCUT2D eigenvalue weighted by Gasteiger charge is 2.47. The Morgan fingerprint density at radius 1 is 1.11 bits per heavy atom. The van der Waals surface area contributed by atoms with Crippen molar-refractivity contribution in [3.05, 3.63) is 54.1 Å². The molecule has 11 heteroatoms. The largest absolute Gasteiger partial charge is 0.473 e. The van der Waals surface area contributed by atoms with E-state index in [1.807, 2.05) is 6.92 Å². The molecule has 0 fully saturated rings. The molecule has 144 valence electrons. The zero-order valence-corrected chi connectivity index (χ0v) is 15.3. The van der Waals surface area contributed by atoms with Crippen LogP contribution in [0.25, 0.3) is 0 Å². The van der Waals surface area contributed by atoms with Gasteiger partial charge in [0, 0.05) is 0 Å². The van der Waals surface area contributed by atoms with Crippen molar-refractivity contribution in [3.63, 3.8) is 0 Å². The number of hydrogen-bond acceptors (Lipinski definition) is 6. The van der Waals surface area contributed by atoms with Crippen LogP contribution in [0.15, 0.2) is 63.7 Å². The maximum absolute atomic E-state index is 12.6. The summed E-state index contributed by atoms with van der Waals surface area (Å²) >= 11 is 0. The highest BCUT2D eigenvalue weighted by atomic mass is 32.2. The van der Waals surface area contributed by atoms with Crippen LogP contribution in [0.4, 0.5) is 11.4 Å². The van der Waals surface area contributed by atoms with E-state index < -0.39 is 28.0 Å². The Balaban J connectivity index is 1.90. The third kappa shape index (κ3) is 3.94. The van der Waals surface area contributed by atoms with Gasteiger partial charge in [0.25, 0.3) is 10.1 Å². The number of rotatable bonds is 5. The number of carbonyl (C=O) groups excluding carboxylic acids is 1. The molecular formula is C17H15N4O6S+. The van der Waals surface area contributed by atoms with Gasteiger partial charge in [0.1, 0.15) is 5.69 Å². The van der Waals surface area contributed by atoms with Crippen LogP contribution in [-0.2, 0) is 19.7 Å². The van der Waals surface area contributed by atoms with Crippen molar-refractivity contribution >= 4 is 39.1 Å². The Labute approximate surface area is 159 Å². The number of carboxylic acid groups (broad SMARTS) is 1. The molecule has 0 saturated carbocycles. The Kier molecular flexibility index (Phi) is 5.03. The second-order valence-corrected chi connectivity index (χ2v) is 7.35. The number of hydrogen-bond donors (Lipinski definition) is 3. The summed E-state index contributed by atoms with van der Waals surface area (Å²) < 4.78 is 31.2. The molecule has 1 aliphatic heterocycles. The molecular weight excluding hydrogens is 388 g/mol. The second kappa shape index (κ2) is 7.29. The number of azo groups is 1. The van der Waals surface area contributed by atoms with E-state index in [-0.39, 0.29) is 16.3 Å². The minimum absolute atomic E-state index is 0.171. The van der Waals surface area contributed by atoms with Crippen LogP contribution in [0.5, 0.6) is 0 Å². The average molecular weight is 403 g/mol. The fourth-order valence-electron chi connectivity index (χ4n) is 2.45. The SMILES string of the molecule is Cc1ccc(N=NC2C(=O)N(c3ccc(S(=O)(=O)O)cc3)[NH+]=C2C(=O)O)cc1. The first kappa shape index (κ1) is 19.3. The molecule has 28 heavy (non-hydrogen) atoms. The lowest BCUT2D eigenvalue weighted by atomic mass is 10.2. The lowest BCUT2D eigenvalue weighted by Gasteiger charge is -2.07. The highest BCUT2D eigenvalue weighted by molar-refractivity contribution is 7.85. The number of carboxylic acids is 1. The van der Waals surface area contributed by atoms with Crippen molar-refractivity contribution in [1.82, 2.24) is 0 Å². The van der Waals surface area contributed by atoms with Gasteiger partial charge in [-0.25, -0.2) is 4.79 Å².